The van der Waals surface area contributed by atoms with E-state index >= 15 is 0 Å². The molecule has 0 atom stereocenters. The number of amides is 2. The van der Waals surface area contributed by atoms with E-state index in [0.717, 1.165) is 26.2 Å². The van der Waals surface area contributed by atoms with E-state index in [4.69, 9.17) is 0 Å². The molecular weight excluding hydrogens is 252 g/mol. The zero-order valence-corrected chi connectivity index (χ0v) is 12.8. The quantitative estimate of drug-likeness (QED) is 0.642. The standard InChI is InChI=1S/C15H26N4O/c1-16-5-3-14(7-16)9-18(10-14)13(20)19-11-15(12-19)4-6-17(2)8-15/h3-12H2,1-2H3. The Morgan fingerprint density at radius 1 is 0.750 bits per heavy atom. The molecule has 0 unspecified atom stereocenters. The van der Waals surface area contributed by atoms with E-state index in [1.54, 1.807) is 0 Å². The summed E-state index contributed by atoms with van der Waals surface area (Å²) in [6.45, 7) is 8.68. The topological polar surface area (TPSA) is 30.0 Å². The fourth-order valence-corrected chi connectivity index (χ4v) is 4.83. The molecule has 0 saturated carbocycles. The highest BCUT2D eigenvalue weighted by atomic mass is 16.2. The number of hydrogen-bond donors (Lipinski definition) is 0. The molecule has 0 N–H and O–H groups in total. The first-order valence-corrected chi connectivity index (χ1v) is 7.90. The molecule has 4 fully saturated rings. The Morgan fingerprint density at radius 3 is 1.45 bits per heavy atom. The average Bonchev–Trinajstić information content (AvgIpc) is 2.88. The maximum Gasteiger partial charge on any atom is 0.320 e. The second-order valence-corrected chi connectivity index (χ2v) is 7.97. The van der Waals surface area contributed by atoms with Crippen LogP contribution in [0.1, 0.15) is 12.8 Å². The van der Waals surface area contributed by atoms with Gasteiger partial charge in [0.1, 0.15) is 0 Å². The Hall–Kier alpha value is -0.810. The van der Waals surface area contributed by atoms with Gasteiger partial charge in [-0.25, -0.2) is 4.79 Å². The molecule has 0 aromatic heterocycles. The largest absolute Gasteiger partial charge is 0.323 e. The van der Waals surface area contributed by atoms with Gasteiger partial charge in [0.05, 0.1) is 0 Å². The molecule has 20 heavy (non-hydrogen) atoms. The van der Waals surface area contributed by atoms with Crippen LogP contribution >= 0.6 is 0 Å². The Morgan fingerprint density at radius 2 is 1.15 bits per heavy atom. The van der Waals surface area contributed by atoms with Crippen LogP contribution in [0.15, 0.2) is 0 Å². The molecule has 112 valence electrons. The number of hydrogen-bond acceptors (Lipinski definition) is 3. The minimum Gasteiger partial charge on any atom is -0.323 e. The van der Waals surface area contributed by atoms with Crippen LogP contribution in [0.4, 0.5) is 4.79 Å². The van der Waals surface area contributed by atoms with Gasteiger partial charge >= 0.3 is 6.03 Å². The van der Waals surface area contributed by atoms with E-state index in [0.29, 0.717) is 16.9 Å². The third-order valence-corrected chi connectivity index (χ3v) is 5.90. The summed E-state index contributed by atoms with van der Waals surface area (Å²) in [6, 6.07) is 0.297. The van der Waals surface area contributed by atoms with E-state index < -0.39 is 0 Å². The summed E-state index contributed by atoms with van der Waals surface area (Å²) in [5, 5.41) is 0. The smallest absolute Gasteiger partial charge is 0.320 e. The predicted octanol–water partition coefficient (Wildman–Crippen LogP) is 0.381. The van der Waals surface area contributed by atoms with Gasteiger partial charge in [0.15, 0.2) is 0 Å². The van der Waals surface area contributed by atoms with Gasteiger partial charge in [-0.15, -0.1) is 0 Å². The normalized spacial score (nSPS) is 31.9. The Balaban J connectivity index is 1.29. The average molecular weight is 278 g/mol. The van der Waals surface area contributed by atoms with Gasteiger partial charge in [-0.1, -0.05) is 0 Å². The van der Waals surface area contributed by atoms with Gasteiger partial charge in [0.2, 0.25) is 0 Å². The molecule has 4 aliphatic rings. The molecule has 4 saturated heterocycles. The zero-order valence-electron chi connectivity index (χ0n) is 12.8. The maximum absolute atomic E-state index is 12.5. The van der Waals surface area contributed by atoms with Crippen molar-refractivity contribution in [1.82, 2.24) is 19.6 Å². The van der Waals surface area contributed by atoms with Gasteiger partial charge in [0.25, 0.3) is 0 Å². The second-order valence-electron chi connectivity index (χ2n) is 7.97. The molecule has 5 nitrogen and oxygen atoms in total. The Kier molecular flexibility index (Phi) is 2.65. The molecule has 5 heteroatoms. The molecule has 0 aromatic carbocycles. The SMILES string of the molecule is CN1CCC2(C1)CN(C(=O)N1CC3(CCN(C)C3)C1)C2. The highest BCUT2D eigenvalue weighted by molar-refractivity contribution is 5.76. The van der Waals surface area contributed by atoms with Crippen LogP contribution in [0.25, 0.3) is 0 Å². The summed E-state index contributed by atoms with van der Waals surface area (Å²) in [6.07, 6.45) is 2.53. The van der Waals surface area contributed by atoms with E-state index in [1.165, 1.54) is 39.0 Å². The highest BCUT2D eigenvalue weighted by Gasteiger charge is 2.53. The molecule has 2 spiro atoms. The van der Waals surface area contributed by atoms with Crippen LogP contribution in [0.3, 0.4) is 0 Å². The second kappa shape index (κ2) is 4.10. The van der Waals surface area contributed by atoms with E-state index in [1.807, 2.05) is 0 Å². The fourth-order valence-electron chi connectivity index (χ4n) is 4.83. The summed E-state index contributed by atoms with van der Waals surface area (Å²) in [5.41, 5.74) is 0.862. The van der Waals surface area contributed by atoms with Crippen molar-refractivity contribution in [3.05, 3.63) is 0 Å². The first-order valence-electron chi connectivity index (χ1n) is 7.90. The minimum absolute atomic E-state index is 0.297. The van der Waals surface area contributed by atoms with Crippen molar-refractivity contribution in [1.29, 1.82) is 0 Å². The van der Waals surface area contributed by atoms with Crippen LogP contribution in [0.5, 0.6) is 0 Å². The van der Waals surface area contributed by atoms with Crippen LogP contribution in [0, 0.1) is 10.8 Å². The number of nitrogens with zero attached hydrogens (tertiary/aromatic N) is 4. The molecule has 0 aliphatic carbocycles. The van der Waals surface area contributed by atoms with Crippen molar-refractivity contribution in [2.24, 2.45) is 10.8 Å². The van der Waals surface area contributed by atoms with Crippen LogP contribution in [-0.2, 0) is 0 Å². The van der Waals surface area contributed by atoms with E-state index in [9.17, 15) is 4.79 Å². The van der Waals surface area contributed by atoms with Crippen LogP contribution in [-0.4, -0.2) is 92.1 Å². The van der Waals surface area contributed by atoms with Crippen LogP contribution < -0.4 is 0 Å². The Bertz CT molecular complexity index is 388. The van der Waals surface area contributed by atoms with Crippen molar-refractivity contribution >= 4 is 6.03 Å². The summed E-state index contributed by atoms with van der Waals surface area (Å²) in [7, 11) is 4.38. The number of urea groups is 1. The highest BCUT2D eigenvalue weighted by Crippen LogP contribution is 2.43. The Labute approximate surface area is 121 Å². The van der Waals surface area contributed by atoms with Crippen molar-refractivity contribution in [2.45, 2.75) is 12.8 Å². The molecular formula is C15H26N4O. The summed E-state index contributed by atoms with van der Waals surface area (Å²) < 4.78 is 0. The number of carbonyl (C=O) groups excluding carboxylic acids is 1. The molecule has 4 aliphatic heterocycles. The van der Waals surface area contributed by atoms with Crippen molar-refractivity contribution in [3.8, 4) is 0 Å². The number of likely N-dealkylation sites (tertiary alicyclic amines) is 4. The molecule has 0 bridgehead atoms. The zero-order chi connectivity index (χ0) is 14.0. The first-order chi connectivity index (χ1) is 9.49. The maximum atomic E-state index is 12.5. The fraction of sp³-hybridized carbons (Fsp3) is 0.933. The monoisotopic (exact) mass is 278 g/mol. The number of carbonyl (C=O) groups is 1. The van der Waals surface area contributed by atoms with Gasteiger partial charge < -0.3 is 19.6 Å². The lowest BCUT2D eigenvalue weighted by molar-refractivity contribution is -0.0174. The van der Waals surface area contributed by atoms with E-state index in [2.05, 4.69) is 33.7 Å². The van der Waals surface area contributed by atoms with E-state index in [-0.39, 0.29) is 0 Å². The molecule has 4 rings (SSSR count). The lowest BCUT2D eigenvalue weighted by Gasteiger charge is -2.54. The summed E-state index contributed by atoms with van der Waals surface area (Å²) >= 11 is 0. The molecule has 2 amide bonds. The van der Waals surface area contributed by atoms with Crippen LogP contribution in [0.2, 0.25) is 0 Å². The van der Waals surface area contributed by atoms with Gasteiger partial charge in [0, 0.05) is 50.1 Å². The first kappa shape index (κ1) is 12.9. The van der Waals surface area contributed by atoms with Gasteiger partial charge in [-0.3, -0.25) is 0 Å². The summed E-state index contributed by atoms with van der Waals surface area (Å²) in [4.78, 5) is 21.4. The molecule has 4 heterocycles. The summed E-state index contributed by atoms with van der Waals surface area (Å²) in [5.74, 6) is 0. The third-order valence-electron chi connectivity index (χ3n) is 5.90. The van der Waals surface area contributed by atoms with Crippen molar-refractivity contribution < 1.29 is 4.79 Å². The molecule has 0 aromatic rings. The van der Waals surface area contributed by atoms with Gasteiger partial charge in [-0.2, -0.15) is 0 Å². The van der Waals surface area contributed by atoms with Crippen molar-refractivity contribution in [2.75, 3.05) is 66.5 Å². The van der Waals surface area contributed by atoms with Crippen molar-refractivity contribution in [3.63, 3.8) is 0 Å². The lowest BCUT2D eigenvalue weighted by Crippen LogP contribution is -2.67. The molecule has 0 radical (unpaired) electrons. The van der Waals surface area contributed by atoms with Gasteiger partial charge in [-0.05, 0) is 40.0 Å². The number of rotatable bonds is 0. The lowest BCUT2D eigenvalue weighted by atomic mass is 9.77. The predicted molar refractivity (Wildman–Crippen MR) is 77.6 cm³/mol. The minimum atomic E-state index is 0.297. The third kappa shape index (κ3) is 1.86.